The number of carbonyl (C=O) groups is 2. The quantitative estimate of drug-likeness (QED) is 0.804. The number of amides is 2. The third-order valence-electron chi connectivity index (χ3n) is 4.24. The first-order chi connectivity index (χ1) is 12.1. The highest BCUT2D eigenvalue weighted by Gasteiger charge is 2.18. The summed E-state index contributed by atoms with van der Waals surface area (Å²) in [6.45, 7) is 1.45. The van der Waals surface area contributed by atoms with E-state index < -0.39 is 0 Å². The Kier molecular flexibility index (Phi) is 5.38. The number of methoxy groups -OCH3 is 1. The number of thiophene rings is 1. The van der Waals surface area contributed by atoms with Gasteiger partial charge in [-0.1, -0.05) is 6.42 Å². The molecule has 1 aromatic heterocycles. The zero-order valence-electron chi connectivity index (χ0n) is 14.5. The zero-order valence-corrected chi connectivity index (χ0v) is 15.3. The van der Waals surface area contributed by atoms with Gasteiger partial charge in [-0.25, -0.2) is 0 Å². The first kappa shape index (κ1) is 17.5. The summed E-state index contributed by atoms with van der Waals surface area (Å²) in [6, 6.07) is 7.19. The summed E-state index contributed by atoms with van der Waals surface area (Å²) < 4.78 is 5.32. The van der Waals surface area contributed by atoms with E-state index in [0.29, 0.717) is 17.1 Å². The molecule has 0 radical (unpaired) electrons. The van der Waals surface area contributed by atoms with Crippen LogP contribution in [0, 0.1) is 0 Å². The molecule has 0 saturated heterocycles. The highest BCUT2D eigenvalue weighted by atomic mass is 32.1. The highest BCUT2D eigenvalue weighted by molar-refractivity contribution is 7.14. The van der Waals surface area contributed by atoms with Crippen LogP contribution < -0.4 is 15.4 Å². The van der Waals surface area contributed by atoms with Gasteiger partial charge in [-0.05, 0) is 55.5 Å². The Labute approximate surface area is 151 Å². The number of fused-ring (bicyclic) bond motifs is 1. The molecule has 2 amide bonds. The Hall–Kier alpha value is -2.34. The number of benzene rings is 1. The second-order valence-corrected chi connectivity index (χ2v) is 7.31. The molecule has 2 aromatic rings. The molecular weight excluding hydrogens is 336 g/mol. The number of ether oxygens (including phenoxy) is 1. The zero-order chi connectivity index (χ0) is 17.8. The van der Waals surface area contributed by atoms with E-state index in [2.05, 4.69) is 10.6 Å². The number of aryl methyl sites for hydroxylation is 2. The Morgan fingerprint density at radius 2 is 1.88 bits per heavy atom. The van der Waals surface area contributed by atoms with E-state index in [0.717, 1.165) is 17.7 Å². The molecule has 0 fully saturated rings. The number of nitrogens with one attached hydrogen (secondary N) is 2. The van der Waals surface area contributed by atoms with Crippen LogP contribution in [0.15, 0.2) is 24.3 Å². The summed E-state index contributed by atoms with van der Waals surface area (Å²) in [5.41, 5.74) is 2.47. The third kappa shape index (κ3) is 4.20. The molecule has 0 atom stereocenters. The lowest BCUT2D eigenvalue weighted by Gasteiger charge is -2.12. The molecule has 1 aliphatic carbocycles. The molecule has 0 spiro atoms. The third-order valence-corrected chi connectivity index (χ3v) is 5.47. The molecule has 0 unspecified atom stereocenters. The van der Waals surface area contributed by atoms with E-state index >= 15 is 0 Å². The monoisotopic (exact) mass is 358 g/mol. The molecule has 0 aliphatic heterocycles. The first-order valence-electron chi connectivity index (χ1n) is 8.45. The summed E-state index contributed by atoms with van der Waals surface area (Å²) in [6.07, 6.45) is 5.77. The van der Waals surface area contributed by atoms with Crippen LogP contribution in [0.3, 0.4) is 0 Å². The van der Waals surface area contributed by atoms with Gasteiger partial charge in [0.25, 0.3) is 5.91 Å². The second-order valence-electron chi connectivity index (χ2n) is 6.17. The largest absolute Gasteiger partial charge is 0.495 e. The van der Waals surface area contributed by atoms with Crippen molar-refractivity contribution in [3.05, 3.63) is 39.6 Å². The lowest BCUT2D eigenvalue weighted by molar-refractivity contribution is -0.114. The van der Waals surface area contributed by atoms with Gasteiger partial charge in [0.1, 0.15) is 5.75 Å². The minimum absolute atomic E-state index is 0.142. The van der Waals surface area contributed by atoms with Gasteiger partial charge < -0.3 is 15.4 Å². The van der Waals surface area contributed by atoms with E-state index in [1.54, 1.807) is 36.6 Å². The molecule has 1 aliphatic rings. The Morgan fingerprint density at radius 1 is 1.08 bits per heavy atom. The van der Waals surface area contributed by atoms with E-state index in [9.17, 15) is 9.59 Å². The van der Waals surface area contributed by atoms with Crippen molar-refractivity contribution in [1.29, 1.82) is 0 Å². The van der Waals surface area contributed by atoms with Crippen LogP contribution in [-0.2, 0) is 17.6 Å². The van der Waals surface area contributed by atoms with Gasteiger partial charge in [0, 0.05) is 17.5 Å². The molecule has 2 N–H and O–H groups in total. The molecule has 1 aromatic carbocycles. The summed E-state index contributed by atoms with van der Waals surface area (Å²) in [5.74, 6) is 0.251. The molecule has 1 heterocycles. The smallest absolute Gasteiger partial charge is 0.265 e. The molecule has 5 nitrogen and oxygen atoms in total. The Balaban J connectivity index is 1.81. The van der Waals surface area contributed by atoms with Gasteiger partial charge in [-0.2, -0.15) is 0 Å². The summed E-state index contributed by atoms with van der Waals surface area (Å²) in [7, 11) is 1.55. The SMILES string of the molecule is COc1ccc(NC(C)=O)cc1NC(=O)c1cc2c(s1)CCCCC2. The fourth-order valence-corrected chi connectivity index (χ4v) is 4.20. The second kappa shape index (κ2) is 7.70. The predicted molar refractivity (Wildman–Crippen MR) is 101 cm³/mol. The number of hydrogen-bond donors (Lipinski definition) is 2. The van der Waals surface area contributed by atoms with Crippen molar-refractivity contribution in [2.24, 2.45) is 0 Å². The van der Waals surface area contributed by atoms with E-state index in [4.69, 9.17) is 4.74 Å². The summed E-state index contributed by atoms with van der Waals surface area (Å²) in [5, 5.41) is 5.62. The van der Waals surface area contributed by atoms with Crippen LogP contribution in [0.25, 0.3) is 0 Å². The maximum Gasteiger partial charge on any atom is 0.265 e. The van der Waals surface area contributed by atoms with Crippen molar-refractivity contribution in [3.63, 3.8) is 0 Å². The van der Waals surface area contributed by atoms with Gasteiger partial charge in [0.05, 0.1) is 17.7 Å². The number of rotatable bonds is 4. The molecular formula is C19H22N2O3S. The minimum atomic E-state index is -0.163. The van der Waals surface area contributed by atoms with Crippen molar-refractivity contribution in [3.8, 4) is 5.75 Å². The lowest BCUT2D eigenvalue weighted by atomic mass is 10.1. The van der Waals surface area contributed by atoms with Crippen molar-refractivity contribution in [2.75, 3.05) is 17.7 Å². The fraction of sp³-hybridized carbons (Fsp3) is 0.368. The van der Waals surface area contributed by atoms with E-state index in [1.165, 1.54) is 36.6 Å². The molecule has 132 valence electrons. The van der Waals surface area contributed by atoms with Gasteiger partial charge in [-0.3, -0.25) is 9.59 Å². The van der Waals surface area contributed by atoms with Gasteiger partial charge in [0.15, 0.2) is 0 Å². The van der Waals surface area contributed by atoms with Crippen LogP contribution >= 0.6 is 11.3 Å². The van der Waals surface area contributed by atoms with Crippen LogP contribution in [0.2, 0.25) is 0 Å². The van der Waals surface area contributed by atoms with Crippen LogP contribution in [-0.4, -0.2) is 18.9 Å². The average Bonchev–Trinajstić information content (AvgIpc) is 2.86. The molecule has 0 bridgehead atoms. The number of hydrogen-bond acceptors (Lipinski definition) is 4. The highest BCUT2D eigenvalue weighted by Crippen LogP contribution is 2.32. The molecule has 25 heavy (non-hydrogen) atoms. The predicted octanol–water partition coefficient (Wildman–Crippen LogP) is 4.24. The topological polar surface area (TPSA) is 67.4 Å². The van der Waals surface area contributed by atoms with Crippen molar-refractivity contribution < 1.29 is 14.3 Å². The van der Waals surface area contributed by atoms with Gasteiger partial charge in [0.2, 0.25) is 5.91 Å². The summed E-state index contributed by atoms with van der Waals surface area (Å²) >= 11 is 1.58. The Bertz CT molecular complexity index is 774. The standard InChI is InChI=1S/C19H22N2O3S/c1-12(22)20-14-8-9-16(24-2)15(11-14)21-19(23)18-10-13-6-4-3-5-7-17(13)25-18/h8-11H,3-7H2,1-2H3,(H,20,22)(H,21,23). The van der Waals surface area contributed by atoms with Crippen molar-refractivity contribution in [2.45, 2.75) is 39.0 Å². The van der Waals surface area contributed by atoms with E-state index in [1.807, 2.05) is 6.07 Å². The normalized spacial score (nSPS) is 13.5. The average molecular weight is 358 g/mol. The van der Waals surface area contributed by atoms with Crippen molar-refractivity contribution >= 4 is 34.5 Å². The minimum Gasteiger partial charge on any atom is -0.495 e. The van der Waals surface area contributed by atoms with Crippen LogP contribution in [0.1, 0.15) is 46.3 Å². The van der Waals surface area contributed by atoms with Crippen LogP contribution in [0.4, 0.5) is 11.4 Å². The summed E-state index contributed by atoms with van der Waals surface area (Å²) in [4.78, 5) is 26.0. The number of anilines is 2. The molecule has 3 rings (SSSR count). The van der Waals surface area contributed by atoms with Gasteiger partial charge >= 0.3 is 0 Å². The maximum atomic E-state index is 12.7. The lowest BCUT2D eigenvalue weighted by Crippen LogP contribution is -2.12. The first-order valence-corrected chi connectivity index (χ1v) is 9.27. The number of carbonyl (C=O) groups excluding carboxylic acids is 2. The van der Waals surface area contributed by atoms with Crippen molar-refractivity contribution in [1.82, 2.24) is 0 Å². The molecule has 6 heteroatoms. The van der Waals surface area contributed by atoms with Gasteiger partial charge in [-0.15, -0.1) is 11.3 Å². The Morgan fingerprint density at radius 3 is 2.64 bits per heavy atom. The molecule has 0 saturated carbocycles. The van der Waals surface area contributed by atoms with Crippen LogP contribution in [0.5, 0.6) is 5.75 Å². The fourth-order valence-electron chi connectivity index (χ4n) is 3.05. The van der Waals surface area contributed by atoms with E-state index in [-0.39, 0.29) is 11.8 Å². The maximum absolute atomic E-state index is 12.7.